The fourth-order valence-electron chi connectivity index (χ4n) is 1.22. The van der Waals surface area contributed by atoms with E-state index in [1.54, 1.807) is 17.1 Å². The summed E-state index contributed by atoms with van der Waals surface area (Å²) in [6, 6.07) is 1.91. The van der Waals surface area contributed by atoms with Crippen molar-refractivity contribution in [2.75, 3.05) is 6.54 Å². The Morgan fingerprint density at radius 3 is 3.00 bits per heavy atom. The zero-order valence-electron chi connectivity index (χ0n) is 7.84. The molecule has 0 fully saturated rings. The first-order valence-corrected chi connectivity index (χ1v) is 5.17. The van der Waals surface area contributed by atoms with Gasteiger partial charge in [0.1, 0.15) is 0 Å². The highest BCUT2D eigenvalue weighted by molar-refractivity contribution is 9.10. The van der Waals surface area contributed by atoms with E-state index in [1.165, 1.54) is 0 Å². The number of hydrogen-bond acceptors (Lipinski definition) is 5. The van der Waals surface area contributed by atoms with Gasteiger partial charge >= 0.3 is 0 Å². The summed E-state index contributed by atoms with van der Waals surface area (Å²) in [6.45, 7) is 1.09. The molecule has 2 heterocycles. The van der Waals surface area contributed by atoms with Gasteiger partial charge in [0.15, 0.2) is 5.82 Å². The molecule has 0 aromatic carbocycles. The van der Waals surface area contributed by atoms with Crippen LogP contribution < -0.4 is 5.73 Å². The largest absolute Gasteiger partial charge is 0.329 e. The van der Waals surface area contributed by atoms with Gasteiger partial charge in [-0.05, 0) is 32.4 Å². The summed E-state index contributed by atoms with van der Waals surface area (Å²) in [5, 5.41) is 11.4. The van der Waals surface area contributed by atoms with Gasteiger partial charge in [0.05, 0.1) is 6.54 Å². The van der Waals surface area contributed by atoms with Crippen molar-refractivity contribution in [2.45, 2.75) is 6.54 Å². The fourth-order valence-corrected chi connectivity index (χ4v) is 1.58. The van der Waals surface area contributed by atoms with E-state index in [4.69, 9.17) is 5.73 Å². The van der Waals surface area contributed by atoms with Crippen LogP contribution in [0.3, 0.4) is 0 Å². The third-order valence-corrected chi connectivity index (χ3v) is 2.27. The molecule has 0 unspecified atom stereocenters. The first-order chi connectivity index (χ1) is 7.31. The molecule has 0 atom stereocenters. The zero-order chi connectivity index (χ0) is 10.7. The third kappa shape index (κ3) is 2.18. The Labute approximate surface area is 94.6 Å². The summed E-state index contributed by atoms with van der Waals surface area (Å²) in [4.78, 5) is 4.05. The maximum Gasteiger partial charge on any atom is 0.183 e. The summed E-state index contributed by atoms with van der Waals surface area (Å²) < 4.78 is 2.55. The summed E-state index contributed by atoms with van der Waals surface area (Å²) in [6.07, 6.45) is 3.42. The third-order valence-electron chi connectivity index (χ3n) is 1.84. The smallest absolute Gasteiger partial charge is 0.183 e. The molecule has 0 spiro atoms. The molecular formula is C8H9BrN6. The minimum absolute atomic E-state index is 0.499. The Balaban J connectivity index is 2.40. The molecule has 0 aliphatic rings. The van der Waals surface area contributed by atoms with Crippen LogP contribution in [0.15, 0.2) is 22.9 Å². The number of halogens is 1. The van der Waals surface area contributed by atoms with Crippen molar-refractivity contribution < 1.29 is 0 Å². The van der Waals surface area contributed by atoms with Gasteiger partial charge < -0.3 is 5.73 Å². The lowest BCUT2D eigenvalue weighted by atomic mass is 10.3. The van der Waals surface area contributed by atoms with E-state index in [2.05, 4.69) is 36.4 Å². The van der Waals surface area contributed by atoms with Crippen LogP contribution in [-0.2, 0) is 6.54 Å². The highest BCUT2D eigenvalue weighted by Gasteiger charge is 2.08. The van der Waals surface area contributed by atoms with Crippen molar-refractivity contribution in [1.82, 2.24) is 25.2 Å². The number of hydrogen-bond donors (Lipinski definition) is 1. The molecule has 7 heteroatoms. The van der Waals surface area contributed by atoms with Gasteiger partial charge in [-0.1, -0.05) is 0 Å². The van der Waals surface area contributed by atoms with Crippen LogP contribution in [0.2, 0.25) is 0 Å². The van der Waals surface area contributed by atoms with E-state index in [1.807, 2.05) is 6.07 Å². The average Bonchev–Trinajstić information content (AvgIpc) is 2.66. The van der Waals surface area contributed by atoms with Crippen molar-refractivity contribution in [3.8, 4) is 11.4 Å². The minimum atomic E-state index is 0.499. The Kier molecular flexibility index (Phi) is 3.02. The molecule has 78 valence electrons. The summed E-state index contributed by atoms with van der Waals surface area (Å²) in [5.41, 5.74) is 6.32. The molecule has 6 nitrogen and oxygen atoms in total. The second-order valence-corrected chi connectivity index (χ2v) is 3.82. The van der Waals surface area contributed by atoms with E-state index in [9.17, 15) is 0 Å². The van der Waals surface area contributed by atoms with Crippen LogP contribution in [0.4, 0.5) is 0 Å². The maximum atomic E-state index is 5.46. The molecule has 2 N–H and O–H groups in total. The second kappa shape index (κ2) is 4.45. The van der Waals surface area contributed by atoms with Crippen molar-refractivity contribution in [3.05, 3.63) is 22.9 Å². The number of pyridine rings is 1. The quantitative estimate of drug-likeness (QED) is 0.875. The topological polar surface area (TPSA) is 82.5 Å². The summed E-state index contributed by atoms with van der Waals surface area (Å²) in [7, 11) is 0. The molecule has 0 saturated carbocycles. The second-order valence-electron chi connectivity index (χ2n) is 2.91. The molecule has 0 saturated heterocycles. The van der Waals surface area contributed by atoms with Gasteiger partial charge in [-0.2, -0.15) is 0 Å². The monoisotopic (exact) mass is 268 g/mol. The van der Waals surface area contributed by atoms with Crippen LogP contribution in [0.25, 0.3) is 11.4 Å². The van der Waals surface area contributed by atoms with Gasteiger partial charge in [0, 0.05) is 29.0 Å². The first kappa shape index (κ1) is 10.2. The van der Waals surface area contributed by atoms with Crippen LogP contribution >= 0.6 is 15.9 Å². The predicted molar refractivity (Wildman–Crippen MR) is 57.8 cm³/mol. The predicted octanol–water partition coefficient (Wildman–Crippen LogP) is 0.456. The molecule has 0 aliphatic carbocycles. The first-order valence-electron chi connectivity index (χ1n) is 4.38. The van der Waals surface area contributed by atoms with Crippen LogP contribution in [0.1, 0.15) is 0 Å². The van der Waals surface area contributed by atoms with E-state index >= 15 is 0 Å². The molecule has 0 amide bonds. The lowest BCUT2D eigenvalue weighted by molar-refractivity contribution is 0.602. The minimum Gasteiger partial charge on any atom is -0.329 e. The van der Waals surface area contributed by atoms with Gasteiger partial charge in [0.2, 0.25) is 0 Å². The van der Waals surface area contributed by atoms with E-state index in [0.29, 0.717) is 18.9 Å². The highest BCUT2D eigenvalue weighted by atomic mass is 79.9. The molecule has 2 rings (SSSR count). The Morgan fingerprint density at radius 1 is 1.40 bits per heavy atom. The van der Waals surface area contributed by atoms with Gasteiger partial charge in [-0.15, -0.1) is 5.10 Å². The Bertz CT molecular complexity index is 454. The number of aromatic nitrogens is 5. The standard InChI is InChI=1S/C8H9BrN6/c9-7-3-6(4-11-5-7)8-12-13-14-15(8)2-1-10/h3-5H,1-2,10H2. The lowest BCUT2D eigenvalue weighted by Gasteiger charge is -2.02. The molecule has 0 radical (unpaired) electrons. The van der Waals surface area contributed by atoms with Crippen LogP contribution in [0, 0.1) is 0 Å². The summed E-state index contributed by atoms with van der Waals surface area (Å²) in [5.74, 6) is 0.675. The Morgan fingerprint density at radius 2 is 2.27 bits per heavy atom. The number of tetrazole rings is 1. The van der Waals surface area contributed by atoms with Crippen LogP contribution in [0.5, 0.6) is 0 Å². The van der Waals surface area contributed by atoms with E-state index < -0.39 is 0 Å². The van der Waals surface area contributed by atoms with E-state index in [0.717, 1.165) is 10.0 Å². The summed E-state index contributed by atoms with van der Waals surface area (Å²) >= 11 is 3.35. The maximum absolute atomic E-state index is 5.46. The zero-order valence-corrected chi connectivity index (χ0v) is 9.42. The van der Waals surface area contributed by atoms with Gasteiger partial charge in [-0.25, -0.2) is 4.68 Å². The molecular weight excluding hydrogens is 260 g/mol. The van der Waals surface area contributed by atoms with E-state index in [-0.39, 0.29) is 0 Å². The molecule has 2 aromatic rings. The normalized spacial score (nSPS) is 10.5. The van der Waals surface area contributed by atoms with Gasteiger partial charge in [0.25, 0.3) is 0 Å². The number of nitrogens with zero attached hydrogens (tertiary/aromatic N) is 5. The molecule has 2 aromatic heterocycles. The van der Waals surface area contributed by atoms with Crippen molar-refractivity contribution in [2.24, 2.45) is 5.73 Å². The van der Waals surface area contributed by atoms with Crippen LogP contribution in [-0.4, -0.2) is 31.7 Å². The molecule has 0 aliphatic heterocycles. The Hall–Kier alpha value is -1.34. The fraction of sp³-hybridized carbons (Fsp3) is 0.250. The number of nitrogens with two attached hydrogens (primary N) is 1. The van der Waals surface area contributed by atoms with Crippen molar-refractivity contribution in [1.29, 1.82) is 0 Å². The van der Waals surface area contributed by atoms with Gasteiger partial charge in [-0.3, -0.25) is 4.98 Å². The molecule has 15 heavy (non-hydrogen) atoms. The average molecular weight is 269 g/mol. The highest BCUT2D eigenvalue weighted by Crippen LogP contribution is 2.18. The lowest BCUT2D eigenvalue weighted by Crippen LogP contribution is -2.12. The van der Waals surface area contributed by atoms with Crippen molar-refractivity contribution >= 4 is 15.9 Å². The SMILES string of the molecule is NCCn1nnnc1-c1cncc(Br)c1. The number of rotatable bonds is 3. The van der Waals surface area contributed by atoms with Crippen molar-refractivity contribution in [3.63, 3.8) is 0 Å². The molecule has 0 bridgehead atoms.